The highest BCUT2D eigenvalue weighted by atomic mass is 16.1. The van der Waals surface area contributed by atoms with E-state index in [2.05, 4.69) is 23.9 Å². The van der Waals surface area contributed by atoms with Crippen LogP contribution in [0.4, 0.5) is 0 Å². The first kappa shape index (κ1) is 18.9. The van der Waals surface area contributed by atoms with Crippen molar-refractivity contribution in [3.05, 3.63) is 0 Å². The minimum atomic E-state index is -0.0972. The normalized spacial score (nSPS) is 17.4. The Hall–Kier alpha value is -0.410. The molecule has 17 heavy (non-hydrogen) atoms. The summed E-state index contributed by atoms with van der Waals surface area (Å²) >= 11 is 0. The smallest absolute Gasteiger partial charge is 0.125 e. The summed E-state index contributed by atoms with van der Waals surface area (Å²) in [6.07, 6.45) is 1.92. The topological polar surface area (TPSA) is 23.6 Å². The van der Waals surface area contributed by atoms with Gasteiger partial charge in [-0.1, -0.05) is 34.6 Å². The van der Waals surface area contributed by atoms with Gasteiger partial charge in [0.1, 0.15) is 6.29 Å². The first-order valence-electron chi connectivity index (χ1n) is 6.74. The van der Waals surface area contributed by atoms with Gasteiger partial charge in [0.15, 0.2) is 0 Å². The van der Waals surface area contributed by atoms with Gasteiger partial charge in [-0.2, -0.15) is 0 Å². The Labute approximate surface area is 108 Å². The highest BCUT2D eigenvalue weighted by Crippen LogP contribution is 2.14. The van der Waals surface area contributed by atoms with Gasteiger partial charge in [-0.05, 0) is 20.5 Å². The minimum Gasteiger partial charge on any atom is -0.304 e. The van der Waals surface area contributed by atoms with E-state index in [9.17, 15) is 4.79 Å². The summed E-state index contributed by atoms with van der Waals surface area (Å²) in [6, 6.07) is 0. The number of hydrogen-bond donors (Lipinski definition) is 0. The van der Waals surface area contributed by atoms with E-state index < -0.39 is 0 Å². The molecule has 0 radical (unpaired) electrons. The highest BCUT2D eigenvalue weighted by Gasteiger charge is 2.11. The summed E-state index contributed by atoms with van der Waals surface area (Å²) in [7, 11) is 4.35. The van der Waals surface area contributed by atoms with Crippen LogP contribution in [-0.2, 0) is 4.79 Å². The van der Waals surface area contributed by atoms with Crippen LogP contribution < -0.4 is 0 Å². The molecule has 0 aromatic heterocycles. The van der Waals surface area contributed by atoms with Crippen LogP contribution in [0.15, 0.2) is 0 Å². The average molecular weight is 244 g/mol. The molecule has 0 unspecified atom stereocenters. The van der Waals surface area contributed by atoms with Crippen molar-refractivity contribution in [2.75, 3.05) is 40.3 Å². The zero-order valence-electron chi connectivity index (χ0n) is 12.9. The van der Waals surface area contributed by atoms with Crippen molar-refractivity contribution in [3.63, 3.8) is 0 Å². The zero-order chi connectivity index (χ0) is 13.9. The van der Waals surface area contributed by atoms with Crippen LogP contribution in [0.3, 0.4) is 0 Å². The van der Waals surface area contributed by atoms with Gasteiger partial charge in [-0.3, -0.25) is 0 Å². The summed E-state index contributed by atoms with van der Waals surface area (Å²) in [5.41, 5.74) is -0.0972. The van der Waals surface area contributed by atoms with E-state index >= 15 is 0 Å². The quantitative estimate of drug-likeness (QED) is 0.697. The lowest BCUT2D eigenvalue weighted by Crippen LogP contribution is -2.42. The first-order valence-corrected chi connectivity index (χ1v) is 6.74. The van der Waals surface area contributed by atoms with Crippen molar-refractivity contribution in [1.29, 1.82) is 0 Å². The molecule has 0 spiro atoms. The van der Waals surface area contributed by atoms with Gasteiger partial charge in [0.2, 0.25) is 0 Å². The molecule has 0 aromatic rings. The number of aldehydes is 1. The van der Waals surface area contributed by atoms with Crippen molar-refractivity contribution in [2.24, 2.45) is 5.41 Å². The van der Waals surface area contributed by atoms with Crippen molar-refractivity contribution in [1.82, 2.24) is 9.80 Å². The number of nitrogens with zero attached hydrogens (tertiary/aromatic N) is 2. The van der Waals surface area contributed by atoms with Crippen LogP contribution >= 0.6 is 0 Å². The number of hydrogen-bond acceptors (Lipinski definition) is 3. The third-order valence-corrected chi connectivity index (χ3v) is 2.96. The van der Waals surface area contributed by atoms with Crippen molar-refractivity contribution < 1.29 is 4.79 Å². The molecule has 1 aliphatic heterocycles. The summed E-state index contributed by atoms with van der Waals surface area (Å²) in [6.45, 7) is 14.8. The predicted molar refractivity (Wildman–Crippen MR) is 76.5 cm³/mol. The van der Waals surface area contributed by atoms with Crippen molar-refractivity contribution in [2.45, 2.75) is 41.0 Å². The van der Waals surface area contributed by atoms with Gasteiger partial charge in [-0.15, -0.1) is 0 Å². The third-order valence-electron chi connectivity index (χ3n) is 2.96. The molecule has 0 saturated carbocycles. The van der Waals surface area contributed by atoms with Crippen LogP contribution in [-0.4, -0.2) is 56.4 Å². The van der Waals surface area contributed by atoms with Crippen LogP contribution in [0.2, 0.25) is 0 Å². The number of carbonyl (C=O) groups excluding carboxylic acids is 1. The Morgan fingerprint density at radius 2 is 1.29 bits per heavy atom. The maximum atomic E-state index is 10.1. The van der Waals surface area contributed by atoms with E-state index in [0.717, 1.165) is 12.7 Å². The SMILES string of the molecule is CC.CCC(C)(C)C=O.CN1CCN(C)CC1. The lowest BCUT2D eigenvalue weighted by Gasteiger charge is -2.28. The molecule has 1 aliphatic rings. The second kappa shape index (κ2) is 10.7. The molecule has 1 fully saturated rings. The van der Waals surface area contributed by atoms with Crippen LogP contribution in [0.5, 0.6) is 0 Å². The van der Waals surface area contributed by atoms with Gasteiger partial charge >= 0.3 is 0 Å². The molecule has 1 rings (SSSR count). The van der Waals surface area contributed by atoms with Crippen molar-refractivity contribution in [3.8, 4) is 0 Å². The Balaban J connectivity index is 0. The molecule has 1 saturated heterocycles. The Bertz CT molecular complexity index is 163. The van der Waals surface area contributed by atoms with Crippen LogP contribution in [0.1, 0.15) is 41.0 Å². The van der Waals surface area contributed by atoms with E-state index in [-0.39, 0.29) is 5.41 Å². The number of carbonyl (C=O) groups is 1. The van der Waals surface area contributed by atoms with E-state index in [1.165, 1.54) is 26.2 Å². The highest BCUT2D eigenvalue weighted by molar-refractivity contribution is 5.57. The van der Waals surface area contributed by atoms with E-state index in [4.69, 9.17) is 0 Å². The van der Waals surface area contributed by atoms with Gasteiger partial charge in [-0.25, -0.2) is 0 Å². The van der Waals surface area contributed by atoms with Gasteiger partial charge in [0.05, 0.1) is 0 Å². The number of piperazine rings is 1. The summed E-state index contributed by atoms with van der Waals surface area (Å²) in [5.74, 6) is 0. The lowest BCUT2D eigenvalue weighted by molar-refractivity contribution is -0.114. The van der Waals surface area contributed by atoms with E-state index in [1.807, 2.05) is 34.6 Å². The summed E-state index contributed by atoms with van der Waals surface area (Å²) in [5, 5.41) is 0. The van der Waals surface area contributed by atoms with Crippen molar-refractivity contribution >= 4 is 6.29 Å². The Morgan fingerprint density at radius 3 is 1.41 bits per heavy atom. The number of likely N-dealkylation sites (N-methyl/N-ethyl adjacent to an activating group) is 2. The molecular weight excluding hydrogens is 212 g/mol. The predicted octanol–water partition coefficient (Wildman–Crippen LogP) is 2.51. The average Bonchev–Trinajstić information content (AvgIpc) is 2.36. The van der Waals surface area contributed by atoms with E-state index in [0.29, 0.717) is 0 Å². The van der Waals surface area contributed by atoms with Gasteiger partial charge in [0.25, 0.3) is 0 Å². The van der Waals surface area contributed by atoms with Gasteiger partial charge in [0, 0.05) is 31.6 Å². The molecule has 0 aliphatic carbocycles. The molecule has 3 heteroatoms. The fourth-order valence-corrected chi connectivity index (χ4v) is 0.990. The monoisotopic (exact) mass is 244 g/mol. The maximum absolute atomic E-state index is 10.1. The fourth-order valence-electron chi connectivity index (χ4n) is 0.990. The number of rotatable bonds is 2. The first-order chi connectivity index (χ1) is 7.91. The third kappa shape index (κ3) is 11.8. The second-order valence-electron chi connectivity index (χ2n) is 5.07. The van der Waals surface area contributed by atoms with E-state index in [1.54, 1.807) is 0 Å². The van der Waals surface area contributed by atoms with Crippen LogP contribution in [0.25, 0.3) is 0 Å². The second-order valence-corrected chi connectivity index (χ2v) is 5.07. The standard InChI is InChI=1S/C6H14N2.C6H12O.C2H6/c1-7-3-5-8(2)6-4-7;1-4-6(2,3)5-7;1-2/h3-6H2,1-2H3;5H,4H2,1-3H3;1-2H3. The lowest BCUT2D eigenvalue weighted by atomic mass is 9.93. The van der Waals surface area contributed by atoms with Gasteiger partial charge < -0.3 is 14.6 Å². The molecule has 0 aromatic carbocycles. The molecule has 1 heterocycles. The Morgan fingerprint density at radius 1 is 1.00 bits per heavy atom. The molecule has 0 atom stereocenters. The Kier molecular flexibility index (Phi) is 12.0. The molecule has 0 amide bonds. The fraction of sp³-hybridized carbons (Fsp3) is 0.929. The largest absolute Gasteiger partial charge is 0.304 e. The molecule has 3 nitrogen and oxygen atoms in total. The molecule has 0 bridgehead atoms. The molecule has 104 valence electrons. The molecule has 0 N–H and O–H groups in total. The van der Waals surface area contributed by atoms with Crippen LogP contribution in [0, 0.1) is 5.41 Å². The minimum absolute atomic E-state index is 0.0972. The molecular formula is C14H32N2O. The zero-order valence-corrected chi connectivity index (χ0v) is 12.9. The maximum Gasteiger partial charge on any atom is 0.125 e. The summed E-state index contributed by atoms with van der Waals surface area (Å²) < 4.78 is 0. The summed E-state index contributed by atoms with van der Waals surface area (Å²) in [4.78, 5) is 14.8.